The number of anilines is 1. The Kier molecular flexibility index (Phi) is 5.15. The lowest BCUT2D eigenvalue weighted by Crippen LogP contribution is -2.32. The predicted molar refractivity (Wildman–Crippen MR) is 61.7 cm³/mol. The summed E-state index contributed by atoms with van der Waals surface area (Å²) >= 11 is 0. The van der Waals surface area contributed by atoms with Crippen molar-refractivity contribution in [1.82, 2.24) is 0 Å². The van der Waals surface area contributed by atoms with Crippen LogP contribution in [0.1, 0.15) is 17.3 Å². The molecule has 0 spiro atoms. The first-order chi connectivity index (χ1) is 8.45. The quantitative estimate of drug-likeness (QED) is 0.797. The number of ketones is 1. The van der Waals surface area contributed by atoms with Crippen LogP contribution >= 0.6 is 0 Å². The summed E-state index contributed by atoms with van der Waals surface area (Å²) in [6.07, 6.45) is -2.61. The van der Waals surface area contributed by atoms with E-state index < -0.39 is 24.6 Å². The molecule has 0 aliphatic rings. The van der Waals surface area contributed by atoms with Crippen LogP contribution in [0.5, 0.6) is 0 Å². The molecule has 3 nitrogen and oxygen atoms in total. The van der Waals surface area contributed by atoms with E-state index in [-0.39, 0.29) is 24.4 Å². The fourth-order valence-corrected chi connectivity index (χ4v) is 1.66. The number of hydrogen-bond acceptors (Lipinski definition) is 3. The van der Waals surface area contributed by atoms with Crippen LogP contribution in [0.2, 0.25) is 0 Å². The molecule has 0 bridgehead atoms. The highest BCUT2D eigenvalue weighted by molar-refractivity contribution is 5.99. The predicted octanol–water partition coefficient (Wildman–Crippen LogP) is 2.09. The zero-order valence-electron chi connectivity index (χ0n) is 9.87. The zero-order chi connectivity index (χ0) is 13.7. The minimum atomic E-state index is -2.61. The van der Waals surface area contributed by atoms with E-state index in [2.05, 4.69) is 0 Å². The third kappa shape index (κ3) is 3.73. The Balaban J connectivity index is 3.13. The summed E-state index contributed by atoms with van der Waals surface area (Å²) in [6.45, 7) is 0.238. The summed E-state index contributed by atoms with van der Waals surface area (Å²) in [5.41, 5.74) is 0.238. The normalized spacial score (nSPS) is 10.8. The maximum Gasteiger partial charge on any atom is 0.255 e. The van der Waals surface area contributed by atoms with Gasteiger partial charge < -0.3 is 10.0 Å². The number of aliphatic hydroxyl groups is 1. The van der Waals surface area contributed by atoms with Gasteiger partial charge in [0.2, 0.25) is 0 Å². The molecule has 1 rings (SSSR count). The van der Waals surface area contributed by atoms with Crippen LogP contribution in [0.15, 0.2) is 18.2 Å². The van der Waals surface area contributed by atoms with Crippen molar-refractivity contribution in [1.29, 1.82) is 0 Å². The highest BCUT2D eigenvalue weighted by atomic mass is 19.3. The van der Waals surface area contributed by atoms with Crippen molar-refractivity contribution in [3.05, 3.63) is 29.6 Å². The molecule has 0 saturated heterocycles. The minimum absolute atomic E-state index is 0.0316. The van der Waals surface area contributed by atoms with Gasteiger partial charge in [0, 0.05) is 17.8 Å². The Morgan fingerprint density at radius 2 is 2.11 bits per heavy atom. The first kappa shape index (κ1) is 14.5. The number of benzene rings is 1. The third-order valence-corrected chi connectivity index (χ3v) is 2.41. The number of carbonyl (C=O) groups is 1. The minimum Gasteiger partial charge on any atom is -0.395 e. The second-order valence-electron chi connectivity index (χ2n) is 3.78. The van der Waals surface area contributed by atoms with Gasteiger partial charge in [-0.25, -0.2) is 13.2 Å². The van der Waals surface area contributed by atoms with Crippen molar-refractivity contribution >= 4 is 11.5 Å². The van der Waals surface area contributed by atoms with Crippen LogP contribution in [-0.2, 0) is 0 Å². The van der Waals surface area contributed by atoms with E-state index in [1.165, 1.54) is 17.9 Å². The van der Waals surface area contributed by atoms with E-state index in [0.29, 0.717) is 0 Å². The molecule has 0 amide bonds. The Bertz CT molecular complexity index is 424. The number of carbonyl (C=O) groups excluding carboxylic acids is 1. The Morgan fingerprint density at radius 3 is 2.61 bits per heavy atom. The van der Waals surface area contributed by atoms with Gasteiger partial charge in [0.25, 0.3) is 6.43 Å². The van der Waals surface area contributed by atoms with Crippen LogP contribution in [0.25, 0.3) is 0 Å². The first-order valence-electron chi connectivity index (χ1n) is 5.40. The van der Waals surface area contributed by atoms with Gasteiger partial charge in [-0.05, 0) is 25.1 Å². The molecule has 0 saturated carbocycles. The summed E-state index contributed by atoms with van der Waals surface area (Å²) in [6, 6.07) is 3.37. The van der Waals surface area contributed by atoms with E-state index in [1.807, 2.05) is 0 Å². The number of nitrogens with zero attached hydrogens (tertiary/aromatic N) is 1. The molecule has 6 heteroatoms. The third-order valence-electron chi connectivity index (χ3n) is 2.41. The number of rotatable bonds is 6. The molecule has 1 aromatic rings. The molecular weight excluding hydrogens is 247 g/mol. The van der Waals surface area contributed by atoms with Gasteiger partial charge in [0.05, 0.1) is 13.2 Å². The van der Waals surface area contributed by atoms with Gasteiger partial charge >= 0.3 is 0 Å². The molecule has 0 aliphatic heterocycles. The Morgan fingerprint density at radius 1 is 1.44 bits per heavy atom. The number of hydrogen-bond donors (Lipinski definition) is 1. The second-order valence-corrected chi connectivity index (χ2v) is 3.78. The molecule has 0 unspecified atom stereocenters. The number of Topliss-reactive ketones (excluding diaryl/α,β-unsaturated/α-hetero) is 1. The lowest BCUT2D eigenvalue weighted by Gasteiger charge is -2.25. The largest absolute Gasteiger partial charge is 0.395 e. The van der Waals surface area contributed by atoms with Crippen LogP contribution in [-0.4, -0.2) is 37.0 Å². The van der Waals surface area contributed by atoms with Crippen LogP contribution in [0.4, 0.5) is 18.9 Å². The highest BCUT2D eigenvalue weighted by Crippen LogP contribution is 2.23. The summed E-state index contributed by atoms with van der Waals surface area (Å²) in [5.74, 6) is -1.02. The second kappa shape index (κ2) is 6.39. The molecule has 1 aromatic carbocycles. The average Bonchev–Trinajstić information content (AvgIpc) is 2.27. The SMILES string of the molecule is CC(=O)c1cc(F)ccc1N(CCO)CC(F)F. The Hall–Kier alpha value is -1.56. The first-order valence-corrected chi connectivity index (χ1v) is 5.40. The molecule has 0 radical (unpaired) electrons. The average molecular weight is 261 g/mol. The van der Waals surface area contributed by atoms with Crippen molar-refractivity contribution in [2.75, 3.05) is 24.6 Å². The standard InChI is InChI=1S/C12H14F3NO2/c1-8(18)10-6-9(13)2-3-11(10)16(4-5-17)7-12(14)15/h2-3,6,12,17H,4-5,7H2,1H3. The van der Waals surface area contributed by atoms with Gasteiger partial charge in [-0.3, -0.25) is 4.79 Å². The molecule has 0 atom stereocenters. The molecule has 100 valence electrons. The maximum atomic E-state index is 13.1. The lowest BCUT2D eigenvalue weighted by molar-refractivity contribution is 0.101. The van der Waals surface area contributed by atoms with Crippen LogP contribution in [0, 0.1) is 5.82 Å². The van der Waals surface area contributed by atoms with Crippen molar-refractivity contribution in [2.24, 2.45) is 0 Å². The lowest BCUT2D eigenvalue weighted by atomic mass is 10.1. The van der Waals surface area contributed by atoms with E-state index >= 15 is 0 Å². The van der Waals surface area contributed by atoms with E-state index in [1.54, 1.807) is 0 Å². The number of alkyl halides is 2. The molecule has 0 fully saturated rings. The molecule has 0 aromatic heterocycles. The molecule has 0 aliphatic carbocycles. The van der Waals surface area contributed by atoms with Crippen molar-refractivity contribution in [3.63, 3.8) is 0 Å². The van der Waals surface area contributed by atoms with Gasteiger partial charge in [-0.15, -0.1) is 0 Å². The topological polar surface area (TPSA) is 40.5 Å². The fourth-order valence-electron chi connectivity index (χ4n) is 1.66. The summed E-state index contributed by atoms with van der Waals surface area (Å²) in [5, 5.41) is 8.85. The fraction of sp³-hybridized carbons (Fsp3) is 0.417. The molecule has 1 N–H and O–H groups in total. The van der Waals surface area contributed by atoms with E-state index in [0.717, 1.165) is 12.1 Å². The van der Waals surface area contributed by atoms with Gasteiger partial charge in [0.1, 0.15) is 5.82 Å². The van der Waals surface area contributed by atoms with E-state index in [9.17, 15) is 18.0 Å². The molecular formula is C12H14F3NO2. The van der Waals surface area contributed by atoms with Gasteiger partial charge in [-0.2, -0.15) is 0 Å². The van der Waals surface area contributed by atoms with Crippen LogP contribution in [0.3, 0.4) is 0 Å². The monoisotopic (exact) mass is 261 g/mol. The molecule has 18 heavy (non-hydrogen) atoms. The van der Waals surface area contributed by atoms with Crippen molar-refractivity contribution < 1.29 is 23.1 Å². The highest BCUT2D eigenvalue weighted by Gasteiger charge is 2.18. The van der Waals surface area contributed by atoms with Crippen molar-refractivity contribution in [2.45, 2.75) is 13.3 Å². The smallest absolute Gasteiger partial charge is 0.255 e. The number of halogens is 3. The summed E-state index contributed by atoms with van der Waals surface area (Å²) in [7, 11) is 0. The number of aliphatic hydroxyl groups excluding tert-OH is 1. The summed E-state index contributed by atoms with van der Waals surface area (Å²) in [4.78, 5) is 12.5. The van der Waals surface area contributed by atoms with Gasteiger partial charge in [-0.1, -0.05) is 0 Å². The van der Waals surface area contributed by atoms with Crippen molar-refractivity contribution in [3.8, 4) is 0 Å². The van der Waals surface area contributed by atoms with Crippen LogP contribution < -0.4 is 4.90 Å². The Labute approximate surface area is 103 Å². The summed E-state index contributed by atoms with van der Waals surface area (Å²) < 4.78 is 37.9. The maximum absolute atomic E-state index is 13.1. The zero-order valence-corrected chi connectivity index (χ0v) is 9.87. The molecule has 0 heterocycles. The van der Waals surface area contributed by atoms with E-state index in [4.69, 9.17) is 5.11 Å². The van der Waals surface area contributed by atoms with Gasteiger partial charge in [0.15, 0.2) is 5.78 Å².